The van der Waals surface area contributed by atoms with E-state index in [1.54, 1.807) is 6.07 Å². The van der Waals surface area contributed by atoms with Gasteiger partial charge in [-0.2, -0.15) is 0 Å². The molecule has 19 heavy (non-hydrogen) atoms. The molecule has 1 aliphatic rings. The molecule has 5 nitrogen and oxygen atoms in total. The van der Waals surface area contributed by atoms with Gasteiger partial charge in [0.1, 0.15) is 6.10 Å². The van der Waals surface area contributed by atoms with Crippen molar-refractivity contribution in [3.05, 3.63) is 29.3 Å². The number of rotatable bonds is 4. The Bertz CT molecular complexity index is 591. The van der Waals surface area contributed by atoms with Gasteiger partial charge in [-0.05, 0) is 43.4 Å². The van der Waals surface area contributed by atoms with Gasteiger partial charge in [0.2, 0.25) is 10.0 Å². The molecule has 0 heterocycles. The number of ether oxygens (including phenoxy) is 1. The zero-order valence-corrected chi connectivity index (χ0v) is 11.6. The fourth-order valence-electron chi connectivity index (χ4n) is 1.93. The topological polar surface area (TPSA) is 86.5 Å². The lowest BCUT2D eigenvalue weighted by molar-refractivity contribution is 0.00887. The predicted octanol–water partition coefficient (Wildman–Crippen LogP) is 1.61. The molecule has 104 valence electrons. The van der Waals surface area contributed by atoms with Crippen molar-refractivity contribution in [2.24, 2.45) is 5.14 Å². The summed E-state index contributed by atoms with van der Waals surface area (Å²) in [5.74, 6) is -0.466. The SMILES string of the molecule is CCc1ccc(S(N)(=O)=O)cc1C(=O)OC1CCC1. The Morgan fingerprint density at radius 2 is 2.11 bits per heavy atom. The summed E-state index contributed by atoms with van der Waals surface area (Å²) in [4.78, 5) is 12.0. The molecule has 0 unspecified atom stereocenters. The highest BCUT2D eigenvalue weighted by Gasteiger charge is 2.24. The molecule has 0 aliphatic heterocycles. The molecule has 1 saturated carbocycles. The number of benzene rings is 1. The van der Waals surface area contributed by atoms with Crippen LogP contribution in [0.1, 0.15) is 42.1 Å². The van der Waals surface area contributed by atoms with Crippen molar-refractivity contribution in [1.82, 2.24) is 0 Å². The van der Waals surface area contributed by atoms with Gasteiger partial charge in [0, 0.05) is 0 Å². The van der Waals surface area contributed by atoms with E-state index in [0.29, 0.717) is 12.0 Å². The van der Waals surface area contributed by atoms with Crippen molar-refractivity contribution in [1.29, 1.82) is 0 Å². The van der Waals surface area contributed by atoms with E-state index in [1.807, 2.05) is 6.92 Å². The second-order valence-electron chi connectivity index (χ2n) is 4.68. The number of esters is 1. The van der Waals surface area contributed by atoms with Gasteiger partial charge < -0.3 is 4.74 Å². The van der Waals surface area contributed by atoms with E-state index in [9.17, 15) is 13.2 Å². The van der Waals surface area contributed by atoms with Crippen LogP contribution in [0.2, 0.25) is 0 Å². The average molecular weight is 283 g/mol. The molecule has 1 aliphatic carbocycles. The molecule has 0 atom stereocenters. The zero-order chi connectivity index (χ0) is 14.0. The second kappa shape index (κ2) is 5.30. The van der Waals surface area contributed by atoms with Crippen molar-refractivity contribution in [3.63, 3.8) is 0 Å². The average Bonchev–Trinajstić information content (AvgIpc) is 2.31. The molecule has 0 aromatic heterocycles. The first-order valence-electron chi connectivity index (χ1n) is 6.28. The van der Waals surface area contributed by atoms with Crippen molar-refractivity contribution < 1.29 is 17.9 Å². The maximum atomic E-state index is 12.0. The van der Waals surface area contributed by atoms with Gasteiger partial charge in [0.15, 0.2) is 0 Å². The standard InChI is InChI=1S/C13H17NO4S/c1-2-9-6-7-11(19(14,16)17)8-12(9)13(15)18-10-4-3-5-10/h6-8,10H,2-5H2,1H3,(H2,14,16,17). The minimum atomic E-state index is -3.81. The number of sulfonamides is 1. The van der Waals surface area contributed by atoms with Gasteiger partial charge in [0.05, 0.1) is 10.5 Å². The van der Waals surface area contributed by atoms with Gasteiger partial charge in [-0.1, -0.05) is 13.0 Å². The van der Waals surface area contributed by atoms with Gasteiger partial charge in [0.25, 0.3) is 0 Å². The largest absolute Gasteiger partial charge is 0.459 e. The number of nitrogens with two attached hydrogens (primary N) is 1. The van der Waals surface area contributed by atoms with Gasteiger partial charge in [-0.3, -0.25) is 0 Å². The van der Waals surface area contributed by atoms with Crippen LogP contribution in [0.25, 0.3) is 0 Å². The summed E-state index contributed by atoms with van der Waals surface area (Å²) in [6.45, 7) is 1.89. The van der Waals surface area contributed by atoms with Crippen LogP contribution < -0.4 is 5.14 Å². The molecule has 2 N–H and O–H groups in total. The van der Waals surface area contributed by atoms with Crippen LogP contribution in [0.5, 0.6) is 0 Å². The number of aryl methyl sites for hydroxylation is 1. The minimum absolute atomic E-state index is 0.0321. The Morgan fingerprint density at radius 1 is 1.42 bits per heavy atom. The monoisotopic (exact) mass is 283 g/mol. The second-order valence-corrected chi connectivity index (χ2v) is 6.24. The van der Waals surface area contributed by atoms with Crippen LogP contribution in [0.4, 0.5) is 0 Å². The summed E-state index contributed by atoms with van der Waals surface area (Å²) < 4.78 is 28.0. The van der Waals surface area contributed by atoms with Crippen LogP contribution in [0.15, 0.2) is 23.1 Å². The molecule has 2 rings (SSSR count). The first kappa shape index (κ1) is 14.0. The van der Waals surface area contributed by atoms with Crippen LogP contribution >= 0.6 is 0 Å². The smallest absolute Gasteiger partial charge is 0.338 e. The van der Waals surface area contributed by atoms with E-state index < -0.39 is 16.0 Å². The van der Waals surface area contributed by atoms with E-state index >= 15 is 0 Å². The minimum Gasteiger partial charge on any atom is -0.459 e. The lowest BCUT2D eigenvalue weighted by Crippen LogP contribution is -2.25. The number of hydrogen-bond donors (Lipinski definition) is 1. The molecule has 0 bridgehead atoms. The van der Waals surface area contributed by atoms with Crippen LogP contribution in [0, 0.1) is 0 Å². The first-order valence-corrected chi connectivity index (χ1v) is 7.83. The van der Waals surface area contributed by atoms with E-state index in [0.717, 1.165) is 24.8 Å². The molecule has 0 radical (unpaired) electrons. The third-order valence-corrected chi connectivity index (χ3v) is 4.25. The molecule has 6 heteroatoms. The first-order chi connectivity index (χ1) is 8.91. The van der Waals surface area contributed by atoms with Crippen LogP contribution in [0.3, 0.4) is 0 Å². The highest BCUT2D eigenvalue weighted by atomic mass is 32.2. The summed E-state index contributed by atoms with van der Waals surface area (Å²) >= 11 is 0. The predicted molar refractivity (Wildman–Crippen MR) is 70.2 cm³/mol. The summed E-state index contributed by atoms with van der Waals surface area (Å²) in [5, 5.41) is 5.08. The highest BCUT2D eigenvalue weighted by molar-refractivity contribution is 7.89. The zero-order valence-electron chi connectivity index (χ0n) is 10.8. The number of carbonyl (C=O) groups excluding carboxylic acids is 1. The van der Waals surface area contributed by atoms with Gasteiger partial charge in [-0.25, -0.2) is 18.4 Å². The van der Waals surface area contributed by atoms with Crippen molar-refractivity contribution in [2.45, 2.75) is 43.6 Å². The number of primary sulfonamides is 1. The van der Waals surface area contributed by atoms with Gasteiger partial charge >= 0.3 is 5.97 Å². The Hall–Kier alpha value is -1.40. The van der Waals surface area contributed by atoms with Crippen LogP contribution in [-0.2, 0) is 21.2 Å². The van der Waals surface area contributed by atoms with E-state index in [1.165, 1.54) is 12.1 Å². The van der Waals surface area contributed by atoms with E-state index in [-0.39, 0.29) is 11.0 Å². The fraction of sp³-hybridized carbons (Fsp3) is 0.462. The summed E-state index contributed by atoms with van der Waals surface area (Å²) in [6, 6.07) is 4.32. The van der Waals surface area contributed by atoms with Crippen molar-refractivity contribution in [2.75, 3.05) is 0 Å². The number of hydrogen-bond acceptors (Lipinski definition) is 4. The van der Waals surface area contributed by atoms with Crippen molar-refractivity contribution >= 4 is 16.0 Å². The van der Waals surface area contributed by atoms with Crippen LogP contribution in [-0.4, -0.2) is 20.5 Å². The Balaban J connectivity index is 2.32. The van der Waals surface area contributed by atoms with E-state index in [2.05, 4.69) is 0 Å². The summed E-state index contributed by atoms with van der Waals surface area (Å²) in [6.07, 6.45) is 3.41. The van der Waals surface area contributed by atoms with Gasteiger partial charge in [-0.15, -0.1) is 0 Å². The Morgan fingerprint density at radius 3 is 2.58 bits per heavy atom. The quantitative estimate of drug-likeness (QED) is 0.850. The molecule has 0 saturated heterocycles. The third-order valence-electron chi connectivity index (χ3n) is 3.34. The Labute approximate surface area is 112 Å². The maximum absolute atomic E-state index is 12.0. The molecule has 0 spiro atoms. The fourth-order valence-corrected chi connectivity index (χ4v) is 2.47. The lowest BCUT2D eigenvalue weighted by atomic mass is 9.96. The highest BCUT2D eigenvalue weighted by Crippen LogP contribution is 2.24. The summed E-state index contributed by atoms with van der Waals surface area (Å²) in [7, 11) is -3.81. The van der Waals surface area contributed by atoms with E-state index in [4.69, 9.17) is 9.88 Å². The number of carbonyl (C=O) groups is 1. The molecular formula is C13H17NO4S. The Kier molecular flexibility index (Phi) is 3.91. The molecule has 0 amide bonds. The third kappa shape index (κ3) is 3.13. The molecule has 1 fully saturated rings. The lowest BCUT2D eigenvalue weighted by Gasteiger charge is -2.25. The summed E-state index contributed by atoms with van der Waals surface area (Å²) in [5.41, 5.74) is 1.05. The molecule has 1 aromatic carbocycles. The normalized spacial score (nSPS) is 15.9. The molecule has 1 aromatic rings. The molecular weight excluding hydrogens is 266 g/mol. The van der Waals surface area contributed by atoms with Crippen molar-refractivity contribution in [3.8, 4) is 0 Å². The maximum Gasteiger partial charge on any atom is 0.338 e.